The van der Waals surface area contributed by atoms with E-state index in [0.717, 1.165) is 0 Å². The van der Waals surface area contributed by atoms with Crippen LogP contribution in [0.25, 0.3) is 0 Å². The molecule has 1 N–H and O–H groups in total. The van der Waals surface area contributed by atoms with Gasteiger partial charge in [-0.3, -0.25) is 0 Å². The summed E-state index contributed by atoms with van der Waals surface area (Å²) in [6, 6.07) is 4.29. The van der Waals surface area contributed by atoms with Crippen LogP contribution in [0.4, 0.5) is 4.39 Å². The molecule has 0 heterocycles. The lowest BCUT2D eigenvalue weighted by Crippen LogP contribution is -2.03. The van der Waals surface area contributed by atoms with E-state index in [0.29, 0.717) is 0 Å². The number of rotatable bonds is 2. The Morgan fingerprint density at radius 3 is 2.62 bits per heavy atom. The predicted molar refractivity (Wildman–Crippen MR) is 47.9 cm³/mol. The van der Waals surface area contributed by atoms with Crippen LogP contribution in [0.2, 0.25) is 5.02 Å². The number of carbonyl (C=O) groups is 1. The third kappa shape index (κ3) is 1.98. The van der Waals surface area contributed by atoms with E-state index in [1.807, 2.05) is 0 Å². The Morgan fingerprint density at radius 1 is 1.62 bits per heavy atom. The molecule has 70 valence electrons. The average molecular weight is 203 g/mol. The quantitative estimate of drug-likeness (QED) is 0.800. The van der Waals surface area contributed by atoms with E-state index in [1.165, 1.54) is 25.1 Å². The van der Waals surface area contributed by atoms with Crippen molar-refractivity contribution in [1.29, 1.82) is 0 Å². The van der Waals surface area contributed by atoms with Crippen LogP contribution in [0.15, 0.2) is 18.2 Å². The van der Waals surface area contributed by atoms with Crippen LogP contribution in [0.3, 0.4) is 0 Å². The first-order chi connectivity index (χ1) is 6.04. The Labute approximate surface area is 80.0 Å². The van der Waals surface area contributed by atoms with Crippen LogP contribution >= 0.6 is 11.6 Å². The SMILES string of the molecule is CC(F)c1c(Cl)cccc1C(=O)O. The smallest absolute Gasteiger partial charge is 0.336 e. The molecule has 0 bridgehead atoms. The minimum Gasteiger partial charge on any atom is -0.478 e. The van der Waals surface area contributed by atoms with Crippen LogP contribution < -0.4 is 0 Å². The number of hydrogen-bond donors (Lipinski definition) is 1. The Bertz CT molecular complexity index is 336. The first kappa shape index (κ1) is 9.99. The maximum absolute atomic E-state index is 13.0. The minimum absolute atomic E-state index is 0.0386. The number of carboxylic acids is 1. The number of halogens is 2. The van der Waals surface area contributed by atoms with Crippen LogP contribution in [-0.2, 0) is 0 Å². The highest BCUT2D eigenvalue weighted by Gasteiger charge is 2.17. The van der Waals surface area contributed by atoms with Crippen molar-refractivity contribution >= 4 is 17.6 Å². The Kier molecular flexibility index (Phi) is 2.88. The zero-order chi connectivity index (χ0) is 10.0. The topological polar surface area (TPSA) is 37.3 Å². The lowest BCUT2D eigenvalue weighted by atomic mass is 10.0. The molecule has 13 heavy (non-hydrogen) atoms. The number of carboxylic acid groups (broad SMARTS) is 1. The predicted octanol–water partition coefficient (Wildman–Crippen LogP) is 3.07. The summed E-state index contributed by atoms with van der Waals surface area (Å²) in [6.07, 6.45) is -1.38. The van der Waals surface area contributed by atoms with E-state index < -0.39 is 12.1 Å². The monoisotopic (exact) mass is 202 g/mol. The summed E-state index contributed by atoms with van der Waals surface area (Å²) in [5, 5.41) is 8.86. The van der Waals surface area contributed by atoms with E-state index in [-0.39, 0.29) is 16.1 Å². The summed E-state index contributed by atoms with van der Waals surface area (Å²) in [7, 11) is 0. The van der Waals surface area contributed by atoms with Gasteiger partial charge in [-0.1, -0.05) is 17.7 Å². The summed E-state index contributed by atoms with van der Waals surface area (Å²) in [4.78, 5) is 10.7. The number of aromatic carboxylic acids is 1. The standard InChI is InChI=1S/C9H8ClFO2/c1-5(11)8-6(9(12)13)3-2-4-7(8)10/h2-5H,1H3,(H,12,13). The van der Waals surface area contributed by atoms with E-state index in [2.05, 4.69) is 0 Å². The molecular formula is C9H8ClFO2. The molecule has 0 aliphatic rings. The van der Waals surface area contributed by atoms with Crippen molar-refractivity contribution in [3.05, 3.63) is 34.3 Å². The molecule has 4 heteroatoms. The molecule has 0 aliphatic carbocycles. The van der Waals surface area contributed by atoms with Crippen molar-refractivity contribution in [1.82, 2.24) is 0 Å². The lowest BCUT2D eigenvalue weighted by molar-refractivity contribution is 0.0693. The van der Waals surface area contributed by atoms with Gasteiger partial charge in [0.15, 0.2) is 0 Å². The van der Waals surface area contributed by atoms with Crippen LogP contribution in [-0.4, -0.2) is 11.1 Å². The van der Waals surface area contributed by atoms with Crippen LogP contribution in [0.1, 0.15) is 29.0 Å². The van der Waals surface area contributed by atoms with Crippen LogP contribution in [0.5, 0.6) is 0 Å². The molecule has 1 unspecified atom stereocenters. The van der Waals surface area contributed by atoms with Crippen molar-refractivity contribution in [2.45, 2.75) is 13.1 Å². The zero-order valence-corrected chi connectivity index (χ0v) is 7.68. The largest absolute Gasteiger partial charge is 0.478 e. The lowest BCUT2D eigenvalue weighted by Gasteiger charge is -2.08. The number of benzene rings is 1. The highest BCUT2D eigenvalue weighted by atomic mass is 35.5. The molecule has 0 fully saturated rings. The van der Waals surface area contributed by atoms with Crippen molar-refractivity contribution < 1.29 is 14.3 Å². The van der Waals surface area contributed by atoms with E-state index in [1.54, 1.807) is 0 Å². The van der Waals surface area contributed by atoms with Gasteiger partial charge in [-0.25, -0.2) is 9.18 Å². The Balaban J connectivity index is 3.34. The zero-order valence-electron chi connectivity index (χ0n) is 6.92. The van der Waals surface area contributed by atoms with Crippen molar-refractivity contribution in [3.8, 4) is 0 Å². The minimum atomic E-state index is -1.38. The van der Waals surface area contributed by atoms with E-state index >= 15 is 0 Å². The molecule has 0 aliphatic heterocycles. The summed E-state index contributed by atoms with van der Waals surface area (Å²) < 4.78 is 13.0. The summed E-state index contributed by atoms with van der Waals surface area (Å²) in [5.74, 6) is -1.16. The van der Waals surface area contributed by atoms with Gasteiger partial charge < -0.3 is 5.11 Å². The van der Waals surface area contributed by atoms with Crippen molar-refractivity contribution in [3.63, 3.8) is 0 Å². The second kappa shape index (κ2) is 3.75. The molecule has 0 saturated carbocycles. The molecule has 0 amide bonds. The number of alkyl halides is 1. The maximum Gasteiger partial charge on any atom is 0.336 e. The van der Waals surface area contributed by atoms with E-state index in [4.69, 9.17) is 16.7 Å². The fourth-order valence-electron chi connectivity index (χ4n) is 1.13. The fraction of sp³-hybridized carbons (Fsp3) is 0.222. The third-order valence-electron chi connectivity index (χ3n) is 1.68. The number of hydrogen-bond acceptors (Lipinski definition) is 1. The van der Waals surface area contributed by atoms with Gasteiger partial charge in [0.1, 0.15) is 6.17 Å². The van der Waals surface area contributed by atoms with Crippen molar-refractivity contribution in [2.24, 2.45) is 0 Å². The first-order valence-electron chi connectivity index (χ1n) is 3.69. The maximum atomic E-state index is 13.0. The van der Waals surface area contributed by atoms with Gasteiger partial charge in [0.25, 0.3) is 0 Å². The van der Waals surface area contributed by atoms with Gasteiger partial charge in [0, 0.05) is 10.6 Å². The third-order valence-corrected chi connectivity index (χ3v) is 2.01. The summed E-state index contributed by atoms with van der Waals surface area (Å²) in [6.45, 7) is 1.26. The molecular weight excluding hydrogens is 195 g/mol. The molecule has 1 rings (SSSR count). The Morgan fingerprint density at radius 2 is 2.23 bits per heavy atom. The fourth-order valence-corrected chi connectivity index (χ4v) is 1.45. The molecule has 1 aromatic carbocycles. The molecule has 0 saturated heterocycles. The summed E-state index contributed by atoms with van der Waals surface area (Å²) >= 11 is 5.67. The second-order valence-corrected chi connectivity index (χ2v) is 3.03. The van der Waals surface area contributed by atoms with Gasteiger partial charge in [-0.15, -0.1) is 0 Å². The normalized spacial score (nSPS) is 12.5. The van der Waals surface area contributed by atoms with Gasteiger partial charge in [-0.2, -0.15) is 0 Å². The van der Waals surface area contributed by atoms with Crippen molar-refractivity contribution in [2.75, 3.05) is 0 Å². The average Bonchev–Trinajstić information content (AvgIpc) is 2.02. The molecule has 1 aromatic rings. The van der Waals surface area contributed by atoms with Gasteiger partial charge in [0.2, 0.25) is 0 Å². The highest BCUT2D eigenvalue weighted by molar-refractivity contribution is 6.31. The highest BCUT2D eigenvalue weighted by Crippen LogP contribution is 2.28. The molecule has 2 nitrogen and oxygen atoms in total. The summed E-state index contributed by atoms with van der Waals surface area (Å²) in [5.41, 5.74) is -0.0424. The second-order valence-electron chi connectivity index (χ2n) is 2.62. The van der Waals surface area contributed by atoms with Gasteiger partial charge in [0.05, 0.1) is 5.56 Å². The van der Waals surface area contributed by atoms with Crippen LogP contribution in [0, 0.1) is 0 Å². The molecule has 0 spiro atoms. The van der Waals surface area contributed by atoms with Gasteiger partial charge in [-0.05, 0) is 19.1 Å². The van der Waals surface area contributed by atoms with E-state index in [9.17, 15) is 9.18 Å². The molecule has 0 aromatic heterocycles. The Hall–Kier alpha value is -1.09. The molecule has 0 radical (unpaired) electrons. The molecule has 1 atom stereocenters. The first-order valence-corrected chi connectivity index (χ1v) is 4.07. The van der Waals surface area contributed by atoms with Gasteiger partial charge >= 0.3 is 5.97 Å².